The molecule has 0 fully saturated rings. The Morgan fingerprint density at radius 2 is 1.83 bits per heavy atom. The first kappa shape index (κ1) is 13.2. The van der Waals surface area contributed by atoms with Crippen LogP contribution in [0.4, 0.5) is 10.1 Å². The van der Waals surface area contributed by atoms with Crippen LogP contribution in [0.2, 0.25) is 0 Å². The van der Waals surface area contributed by atoms with E-state index in [1.54, 1.807) is 30.3 Å². The van der Waals surface area contributed by atoms with Crippen molar-refractivity contribution in [2.45, 2.75) is 10.6 Å². The lowest BCUT2D eigenvalue weighted by Gasteiger charge is -2.04. The highest BCUT2D eigenvalue weighted by molar-refractivity contribution is 9.10. The highest BCUT2D eigenvalue weighted by Gasteiger charge is 2.07. The minimum Gasteiger partial charge on any atom is -0.399 e. The number of hydrogen-bond donors (Lipinski definition) is 1. The van der Waals surface area contributed by atoms with Gasteiger partial charge in [0.2, 0.25) is 0 Å². The predicted octanol–water partition coefficient (Wildman–Crippen LogP) is 3.48. The molecule has 1 unspecified atom stereocenters. The molecule has 2 rings (SSSR count). The van der Waals surface area contributed by atoms with Crippen LogP contribution in [-0.2, 0) is 16.6 Å². The minimum absolute atomic E-state index is 0.278. The van der Waals surface area contributed by atoms with Crippen LogP contribution in [0.15, 0.2) is 51.8 Å². The first-order chi connectivity index (χ1) is 8.54. The lowest BCUT2D eigenvalue weighted by atomic mass is 10.2. The molecule has 0 amide bonds. The second-order valence-corrected chi connectivity index (χ2v) is 6.20. The van der Waals surface area contributed by atoms with Crippen molar-refractivity contribution >= 4 is 32.4 Å². The normalized spacial score (nSPS) is 12.3. The van der Waals surface area contributed by atoms with Gasteiger partial charge in [0.25, 0.3) is 0 Å². The van der Waals surface area contributed by atoms with E-state index in [2.05, 4.69) is 15.9 Å². The van der Waals surface area contributed by atoms with E-state index in [-0.39, 0.29) is 11.6 Å². The monoisotopic (exact) mass is 327 g/mol. The van der Waals surface area contributed by atoms with Crippen molar-refractivity contribution in [3.8, 4) is 0 Å². The highest BCUT2D eigenvalue weighted by atomic mass is 79.9. The molecular formula is C13H11BrFNOS. The molecule has 94 valence electrons. The summed E-state index contributed by atoms with van der Waals surface area (Å²) in [4.78, 5) is 0.685. The quantitative estimate of drug-likeness (QED) is 0.877. The number of anilines is 1. The van der Waals surface area contributed by atoms with Crippen molar-refractivity contribution in [3.05, 3.63) is 58.3 Å². The zero-order valence-corrected chi connectivity index (χ0v) is 11.8. The van der Waals surface area contributed by atoms with Crippen LogP contribution in [0.5, 0.6) is 0 Å². The molecule has 2 aromatic rings. The zero-order valence-electron chi connectivity index (χ0n) is 9.40. The van der Waals surface area contributed by atoms with E-state index < -0.39 is 10.8 Å². The summed E-state index contributed by atoms with van der Waals surface area (Å²) in [5.74, 6) is -0.0611. The summed E-state index contributed by atoms with van der Waals surface area (Å²) >= 11 is 3.21. The highest BCUT2D eigenvalue weighted by Crippen LogP contribution is 2.19. The van der Waals surface area contributed by atoms with Crippen LogP contribution in [0.25, 0.3) is 0 Å². The van der Waals surface area contributed by atoms with Crippen molar-refractivity contribution in [3.63, 3.8) is 0 Å². The summed E-state index contributed by atoms with van der Waals surface area (Å²) in [5, 5.41) is 0. The van der Waals surface area contributed by atoms with E-state index in [4.69, 9.17) is 5.73 Å². The first-order valence-corrected chi connectivity index (χ1v) is 7.35. The molecule has 0 spiro atoms. The second-order valence-electron chi connectivity index (χ2n) is 3.84. The Hall–Kier alpha value is -1.20. The summed E-state index contributed by atoms with van der Waals surface area (Å²) in [6.07, 6.45) is 0. The van der Waals surface area contributed by atoms with Gasteiger partial charge in [0.15, 0.2) is 0 Å². The fourth-order valence-electron chi connectivity index (χ4n) is 1.55. The van der Waals surface area contributed by atoms with Crippen molar-refractivity contribution in [2.24, 2.45) is 0 Å². The zero-order chi connectivity index (χ0) is 13.1. The summed E-state index contributed by atoms with van der Waals surface area (Å²) in [6, 6.07) is 11.4. The summed E-state index contributed by atoms with van der Waals surface area (Å²) < 4.78 is 25.9. The van der Waals surface area contributed by atoms with Gasteiger partial charge in [-0.05, 0) is 48.0 Å². The van der Waals surface area contributed by atoms with Gasteiger partial charge in [-0.15, -0.1) is 0 Å². The van der Waals surface area contributed by atoms with Gasteiger partial charge in [-0.25, -0.2) is 4.39 Å². The maximum atomic E-state index is 13.2. The average molecular weight is 328 g/mol. The summed E-state index contributed by atoms with van der Waals surface area (Å²) in [7, 11) is -1.20. The molecule has 2 N–H and O–H groups in total. The van der Waals surface area contributed by atoms with Crippen molar-refractivity contribution in [1.29, 1.82) is 0 Å². The van der Waals surface area contributed by atoms with Gasteiger partial charge in [-0.1, -0.05) is 15.9 Å². The molecule has 2 nitrogen and oxygen atoms in total. The average Bonchev–Trinajstić information content (AvgIpc) is 2.28. The Labute approximate surface area is 116 Å². The maximum Gasteiger partial charge on any atom is 0.124 e. The van der Waals surface area contributed by atoms with Gasteiger partial charge in [0.05, 0.1) is 16.6 Å². The third kappa shape index (κ3) is 3.40. The molecule has 0 aliphatic carbocycles. The van der Waals surface area contributed by atoms with E-state index >= 15 is 0 Å². The van der Waals surface area contributed by atoms with Crippen molar-refractivity contribution < 1.29 is 8.60 Å². The molecule has 5 heteroatoms. The lowest BCUT2D eigenvalue weighted by Crippen LogP contribution is -1.97. The van der Waals surface area contributed by atoms with Gasteiger partial charge in [-0.3, -0.25) is 4.21 Å². The largest absolute Gasteiger partial charge is 0.399 e. The van der Waals surface area contributed by atoms with E-state index in [9.17, 15) is 8.60 Å². The smallest absolute Gasteiger partial charge is 0.124 e. The van der Waals surface area contributed by atoms with E-state index in [0.29, 0.717) is 20.6 Å². The molecule has 0 aliphatic heterocycles. The Morgan fingerprint density at radius 3 is 2.44 bits per heavy atom. The van der Waals surface area contributed by atoms with Crippen LogP contribution in [-0.4, -0.2) is 4.21 Å². The Balaban J connectivity index is 2.18. The lowest BCUT2D eigenvalue weighted by molar-refractivity contribution is 0.625. The topological polar surface area (TPSA) is 43.1 Å². The molecule has 1 atom stereocenters. The number of rotatable bonds is 3. The van der Waals surface area contributed by atoms with Crippen LogP contribution in [0.1, 0.15) is 5.56 Å². The molecule has 0 aromatic heterocycles. The Morgan fingerprint density at radius 1 is 1.17 bits per heavy atom. The van der Waals surface area contributed by atoms with Gasteiger partial charge < -0.3 is 5.73 Å². The van der Waals surface area contributed by atoms with E-state index in [1.807, 2.05) is 0 Å². The number of benzene rings is 2. The SMILES string of the molecule is Nc1ccc(S(=O)Cc2cc(F)cc(Br)c2)cc1. The number of nitrogens with two attached hydrogens (primary N) is 1. The number of hydrogen-bond acceptors (Lipinski definition) is 2. The third-order valence-electron chi connectivity index (χ3n) is 2.36. The Kier molecular flexibility index (Phi) is 4.14. The molecule has 18 heavy (non-hydrogen) atoms. The first-order valence-electron chi connectivity index (χ1n) is 5.23. The van der Waals surface area contributed by atoms with E-state index in [1.165, 1.54) is 12.1 Å². The van der Waals surface area contributed by atoms with Gasteiger partial charge >= 0.3 is 0 Å². The van der Waals surface area contributed by atoms with Crippen molar-refractivity contribution in [1.82, 2.24) is 0 Å². The fraction of sp³-hybridized carbons (Fsp3) is 0.0769. The fourth-order valence-corrected chi connectivity index (χ4v) is 3.14. The summed E-state index contributed by atoms with van der Waals surface area (Å²) in [5.41, 5.74) is 6.89. The summed E-state index contributed by atoms with van der Waals surface area (Å²) in [6.45, 7) is 0. The molecule has 0 radical (unpaired) electrons. The van der Waals surface area contributed by atoms with Gasteiger partial charge in [0, 0.05) is 15.1 Å². The third-order valence-corrected chi connectivity index (χ3v) is 4.21. The molecule has 0 saturated heterocycles. The maximum absolute atomic E-state index is 13.2. The molecule has 0 saturated carbocycles. The van der Waals surface area contributed by atoms with Crippen LogP contribution in [0, 0.1) is 5.82 Å². The van der Waals surface area contributed by atoms with Gasteiger partial charge in [-0.2, -0.15) is 0 Å². The standard InChI is InChI=1S/C13H11BrFNOS/c14-10-5-9(6-11(15)7-10)8-18(17)13-3-1-12(16)2-4-13/h1-7H,8,16H2. The van der Waals surface area contributed by atoms with E-state index in [0.717, 1.165) is 0 Å². The van der Waals surface area contributed by atoms with Crippen LogP contribution >= 0.6 is 15.9 Å². The van der Waals surface area contributed by atoms with Gasteiger partial charge in [0.1, 0.15) is 5.82 Å². The van der Waals surface area contributed by atoms with Crippen LogP contribution < -0.4 is 5.73 Å². The van der Waals surface area contributed by atoms with Crippen molar-refractivity contribution in [2.75, 3.05) is 5.73 Å². The minimum atomic E-state index is -1.20. The predicted molar refractivity (Wildman–Crippen MR) is 75.1 cm³/mol. The number of halogens is 2. The molecular weight excluding hydrogens is 317 g/mol. The molecule has 0 heterocycles. The Bertz CT molecular complexity index is 566. The second kappa shape index (κ2) is 5.63. The molecule has 0 bridgehead atoms. The number of nitrogen functional groups attached to an aromatic ring is 1. The van der Waals surface area contributed by atoms with Crippen LogP contribution in [0.3, 0.4) is 0 Å². The molecule has 0 aliphatic rings. The molecule has 2 aromatic carbocycles.